The topological polar surface area (TPSA) is 114 Å². The van der Waals surface area contributed by atoms with E-state index in [2.05, 4.69) is 10.1 Å². The molecule has 0 aromatic heterocycles. The summed E-state index contributed by atoms with van der Waals surface area (Å²) in [5.41, 5.74) is 7.44. The highest BCUT2D eigenvalue weighted by atomic mass is 16.5. The molecule has 29 heavy (non-hydrogen) atoms. The van der Waals surface area contributed by atoms with Gasteiger partial charge in [-0.05, 0) is 29.7 Å². The SMILES string of the molecule is COC(=O)C[C@]1(C)C[C@@H](COc2ccc(-c3ccc(C(=N)N)cc3)cc2)NC1=O. The summed E-state index contributed by atoms with van der Waals surface area (Å²) in [7, 11) is 1.32. The summed E-state index contributed by atoms with van der Waals surface area (Å²) in [5.74, 6) is 0.198. The lowest BCUT2D eigenvalue weighted by Gasteiger charge is -2.18. The highest BCUT2D eigenvalue weighted by Crippen LogP contribution is 2.34. The molecule has 0 radical (unpaired) electrons. The predicted octanol–water partition coefficient (Wildman–Crippen LogP) is 2.47. The number of carbonyl (C=O) groups is 2. The first kappa shape index (κ1) is 20.4. The number of carbonyl (C=O) groups excluding carboxylic acids is 2. The number of esters is 1. The average molecular weight is 395 g/mol. The number of nitrogens with two attached hydrogens (primary N) is 1. The zero-order valence-corrected chi connectivity index (χ0v) is 16.5. The predicted molar refractivity (Wildman–Crippen MR) is 110 cm³/mol. The van der Waals surface area contributed by atoms with Crippen molar-refractivity contribution in [2.45, 2.75) is 25.8 Å². The molecule has 2 atom stereocenters. The quantitative estimate of drug-likeness (QED) is 0.378. The van der Waals surface area contributed by atoms with E-state index < -0.39 is 11.4 Å². The molecule has 4 N–H and O–H groups in total. The highest BCUT2D eigenvalue weighted by molar-refractivity contribution is 5.95. The van der Waals surface area contributed by atoms with Gasteiger partial charge in [-0.2, -0.15) is 0 Å². The monoisotopic (exact) mass is 395 g/mol. The number of hydrogen-bond donors (Lipinski definition) is 3. The van der Waals surface area contributed by atoms with Crippen molar-refractivity contribution in [3.63, 3.8) is 0 Å². The maximum absolute atomic E-state index is 12.2. The Kier molecular flexibility index (Phi) is 5.87. The molecule has 152 valence electrons. The van der Waals surface area contributed by atoms with Crippen molar-refractivity contribution in [2.24, 2.45) is 11.1 Å². The van der Waals surface area contributed by atoms with Crippen LogP contribution in [-0.2, 0) is 14.3 Å². The van der Waals surface area contributed by atoms with Crippen LogP contribution in [0.3, 0.4) is 0 Å². The van der Waals surface area contributed by atoms with Crippen LogP contribution in [0.1, 0.15) is 25.3 Å². The Bertz CT molecular complexity index is 909. The average Bonchev–Trinajstić information content (AvgIpc) is 3.00. The normalized spacial score (nSPS) is 20.8. The number of hydrogen-bond acceptors (Lipinski definition) is 5. The minimum Gasteiger partial charge on any atom is -0.491 e. The van der Waals surface area contributed by atoms with Crippen molar-refractivity contribution in [3.05, 3.63) is 54.1 Å². The van der Waals surface area contributed by atoms with E-state index in [4.69, 9.17) is 15.9 Å². The van der Waals surface area contributed by atoms with Crippen molar-refractivity contribution in [1.82, 2.24) is 5.32 Å². The summed E-state index contributed by atoms with van der Waals surface area (Å²) in [6.07, 6.45) is 0.574. The lowest BCUT2D eigenvalue weighted by atomic mass is 9.84. The van der Waals surface area contributed by atoms with Gasteiger partial charge in [0.25, 0.3) is 0 Å². The third kappa shape index (κ3) is 4.74. The van der Waals surface area contributed by atoms with Crippen LogP contribution in [0.25, 0.3) is 11.1 Å². The summed E-state index contributed by atoms with van der Waals surface area (Å²) in [6.45, 7) is 2.10. The van der Waals surface area contributed by atoms with E-state index in [0.717, 1.165) is 11.1 Å². The number of benzene rings is 2. The van der Waals surface area contributed by atoms with Gasteiger partial charge in [0.15, 0.2) is 0 Å². The summed E-state index contributed by atoms with van der Waals surface area (Å²) in [5, 5.41) is 10.3. The van der Waals surface area contributed by atoms with Gasteiger partial charge in [-0.3, -0.25) is 15.0 Å². The molecule has 1 aliphatic rings. The third-order valence-electron chi connectivity index (χ3n) is 5.18. The molecule has 2 aromatic carbocycles. The van der Waals surface area contributed by atoms with Crippen molar-refractivity contribution < 1.29 is 19.1 Å². The van der Waals surface area contributed by atoms with Gasteiger partial charge in [-0.25, -0.2) is 0 Å². The fourth-order valence-corrected chi connectivity index (χ4v) is 3.47. The molecular formula is C22H25N3O4. The lowest BCUT2D eigenvalue weighted by molar-refractivity contribution is -0.146. The second-order valence-corrected chi connectivity index (χ2v) is 7.51. The molecule has 0 spiro atoms. The number of ether oxygens (including phenoxy) is 2. The molecule has 0 bridgehead atoms. The third-order valence-corrected chi connectivity index (χ3v) is 5.18. The van der Waals surface area contributed by atoms with Crippen molar-refractivity contribution in [1.29, 1.82) is 5.41 Å². The Morgan fingerprint density at radius 2 is 1.76 bits per heavy atom. The molecular weight excluding hydrogens is 370 g/mol. The van der Waals surface area contributed by atoms with E-state index in [1.54, 1.807) is 6.92 Å². The number of rotatable bonds is 7. The Balaban J connectivity index is 1.57. The number of nitrogen functional groups attached to an aromatic ring is 1. The van der Waals surface area contributed by atoms with Gasteiger partial charge >= 0.3 is 5.97 Å². The number of amides is 1. The fourth-order valence-electron chi connectivity index (χ4n) is 3.47. The van der Waals surface area contributed by atoms with Gasteiger partial charge in [-0.1, -0.05) is 43.3 Å². The molecule has 3 rings (SSSR count). The van der Waals surface area contributed by atoms with Gasteiger partial charge in [-0.15, -0.1) is 0 Å². The second kappa shape index (κ2) is 8.34. The van der Waals surface area contributed by atoms with Gasteiger partial charge in [0.1, 0.15) is 18.2 Å². The number of nitrogens with one attached hydrogen (secondary N) is 2. The van der Waals surface area contributed by atoms with E-state index in [1.165, 1.54) is 7.11 Å². The summed E-state index contributed by atoms with van der Waals surface area (Å²) >= 11 is 0. The molecule has 2 aromatic rings. The fraction of sp³-hybridized carbons (Fsp3) is 0.318. The molecule has 7 heteroatoms. The van der Waals surface area contributed by atoms with E-state index in [9.17, 15) is 9.59 Å². The molecule has 0 aliphatic carbocycles. The molecule has 7 nitrogen and oxygen atoms in total. The maximum Gasteiger partial charge on any atom is 0.306 e. The lowest BCUT2D eigenvalue weighted by Crippen LogP contribution is -2.33. The zero-order chi connectivity index (χ0) is 21.0. The van der Waals surface area contributed by atoms with Crippen LogP contribution < -0.4 is 15.8 Å². The van der Waals surface area contributed by atoms with E-state index in [1.807, 2.05) is 48.5 Å². The standard InChI is InChI=1S/C22H25N3O4/c1-22(12-19(26)28-2)11-17(25-21(22)27)13-29-18-9-7-15(8-10-18)14-3-5-16(6-4-14)20(23)24/h3-10,17H,11-13H2,1-2H3,(H3,23,24)(H,25,27)/t17-,22-/m0/s1. The molecule has 0 unspecified atom stereocenters. The minimum absolute atomic E-state index is 0.0435. The Morgan fingerprint density at radius 3 is 2.31 bits per heavy atom. The van der Waals surface area contributed by atoms with Crippen LogP contribution in [0.4, 0.5) is 0 Å². The van der Waals surface area contributed by atoms with E-state index in [-0.39, 0.29) is 24.2 Å². The summed E-state index contributed by atoms with van der Waals surface area (Å²) < 4.78 is 10.5. The van der Waals surface area contributed by atoms with Crippen molar-refractivity contribution in [2.75, 3.05) is 13.7 Å². The number of methoxy groups -OCH3 is 1. The Hall–Kier alpha value is -3.35. The molecule has 1 fully saturated rings. The van der Waals surface area contributed by atoms with E-state index >= 15 is 0 Å². The summed E-state index contributed by atoms with van der Waals surface area (Å²) in [4.78, 5) is 23.8. The van der Waals surface area contributed by atoms with Crippen LogP contribution in [0.15, 0.2) is 48.5 Å². The smallest absolute Gasteiger partial charge is 0.306 e. The van der Waals surface area contributed by atoms with Crippen LogP contribution in [0.2, 0.25) is 0 Å². The van der Waals surface area contributed by atoms with Gasteiger partial charge in [0.2, 0.25) is 5.91 Å². The Labute approximate surface area is 169 Å². The second-order valence-electron chi connectivity index (χ2n) is 7.51. The molecule has 1 aliphatic heterocycles. The van der Waals surface area contributed by atoms with Crippen LogP contribution in [0.5, 0.6) is 5.75 Å². The van der Waals surface area contributed by atoms with Crippen molar-refractivity contribution >= 4 is 17.7 Å². The minimum atomic E-state index is -0.767. The molecule has 1 heterocycles. The first-order valence-electron chi connectivity index (χ1n) is 9.36. The highest BCUT2D eigenvalue weighted by Gasteiger charge is 2.44. The van der Waals surface area contributed by atoms with Gasteiger partial charge in [0, 0.05) is 5.56 Å². The van der Waals surface area contributed by atoms with Gasteiger partial charge < -0.3 is 20.5 Å². The van der Waals surface area contributed by atoms with Gasteiger partial charge in [0.05, 0.1) is 25.0 Å². The number of amidine groups is 1. The van der Waals surface area contributed by atoms with Crippen LogP contribution in [-0.4, -0.2) is 37.5 Å². The Morgan fingerprint density at radius 1 is 1.17 bits per heavy atom. The zero-order valence-electron chi connectivity index (χ0n) is 16.5. The van der Waals surface area contributed by atoms with Crippen LogP contribution in [0, 0.1) is 10.8 Å². The van der Waals surface area contributed by atoms with E-state index in [0.29, 0.717) is 24.3 Å². The molecule has 1 amide bonds. The first-order valence-corrected chi connectivity index (χ1v) is 9.36. The summed E-state index contributed by atoms with van der Waals surface area (Å²) in [6, 6.07) is 15.0. The molecule has 0 saturated carbocycles. The largest absolute Gasteiger partial charge is 0.491 e. The maximum atomic E-state index is 12.2. The van der Waals surface area contributed by atoms with Crippen molar-refractivity contribution in [3.8, 4) is 16.9 Å². The first-order chi connectivity index (χ1) is 13.8. The van der Waals surface area contributed by atoms with Crippen LogP contribution >= 0.6 is 0 Å². The molecule has 1 saturated heterocycles.